The summed E-state index contributed by atoms with van der Waals surface area (Å²) in [4.78, 5) is 0. The fourth-order valence-corrected chi connectivity index (χ4v) is 2.04. The van der Waals surface area contributed by atoms with Gasteiger partial charge in [-0.3, -0.25) is 0 Å². The normalized spacial score (nSPS) is 10.2. The van der Waals surface area contributed by atoms with Crippen LogP contribution in [0.4, 0.5) is 0 Å². The van der Waals surface area contributed by atoms with Crippen LogP contribution in [0.2, 0.25) is 0 Å². The van der Waals surface area contributed by atoms with Gasteiger partial charge in [0.15, 0.2) is 0 Å². The smallest absolute Gasteiger partial charge is 0.120 e. The van der Waals surface area contributed by atoms with E-state index in [2.05, 4.69) is 59.3 Å². The van der Waals surface area contributed by atoms with Crippen LogP contribution < -0.4 is 4.74 Å². The Morgan fingerprint density at radius 1 is 1.00 bits per heavy atom. The summed E-state index contributed by atoms with van der Waals surface area (Å²) in [7, 11) is 0. The Kier molecular flexibility index (Phi) is 4.21. The molecule has 0 aliphatic carbocycles. The van der Waals surface area contributed by atoms with Crippen LogP contribution in [0.5, 0.6) is 5.75 Å². The first-order valence-electron chi connectivity index (χ1n) is 5.61. The summed E-state index contributed by atoms with van der Waals surface area (Å²) in [6, 6.07) is 16.5. The lowest BCUT2D eigenvalue weighted by Crippen LogP contribution is -1.96. The SMILES string of the molecule is Cc1cccc(COc2cccc(CBr)c2)c1. The lowest BCUT2D eigenvalue weighted by molar-refractivity contribution is 0.306. The second-order valence-electron chi connectivity index (χ2n) is 4.06. The molecule has 0 unspecified atom stereocenters. The molecule has 0 bridgehead atoms. The van der Waals surface area contributed by atoms with E-state index in [9.17, 15) is 0 Å². The number of ether oxygens (including phenoxy) is 1. The summed E-state index contributed by atoms with van der Waals surface area (Å²) < 4.78 is 5.77. The standard InChI is InChI=1S/C15H15BrO/c1-12-4-2-6-14(8-12)11-17-15-7-3-5-13(9-15)10-16/h2-9H,10-11H2,1H3. The zero-order valence-electron chi connectivity index (χ0n) is 9.82. The minimum Gasteiger partial charge on any atom is -0.489 e. The summed E-state index contributed by atoms with van der Waals surface area (Å²) in [5, 5.41) is 0.856. The molecule has 0 fully saturated rings. The summed E-state index contributed by atoms with van der Waals surface area (Å²) >= 11 is 3.44. The first-order valence-corrected chi connectivity index (χ1v) is 6.73. The summed E-state index contributed by atoms with van der Waals surface area (Å²) in [5.41, 5.74) is 3.70. The van der Waals surface area contributed by atoms with Crippen LogP contribution in [0.1, 0.15) is 16.7 Å². The minimum absolute atomic E-state index is 0.618. The first-order chi connectivity index (χ1) is 8.28. The van der Waals surface area contributed by atoms with Crippen molar-refractivity contribution in [3.8, 4) is 5.75 Å². The van der Waals surface area contributed by atoms with E-state index in [1.807, 2.05) is 12.1 Å². The van der Waals surface area contributed by atoms with E-state index < -0.39 is 0 Å². The number of hydrogen-bond donors (Lipinski definition) is 0. The van der Waals surface area contributed by atoms with Crippen LogP contribution in [0.25, 0.3) is 0 Å². The second-order valence-corrected chi connectivity index (χ2v) is 4.62. The Morgan fingerprint density at radius 3 is 2.53 bits per heavy atom. The van der Waals surface area contributed by atoms with E-state index in [1.165, 1.54) is 16.7 Å². The van der Waals surface area contributed by atoms with Gasteiger partial charge < -0.3 is 4.74 Å². The van der Waals surface area contributed by atoms with Crippen LogP contribution in [0.15, 0.2) is 48.5 Å². The Morgan fingerprint density at radius 2 is 1.76 bits per heavy atom. The molecule has 0 aliphatic heterocycles. The van der Waals surface area contributed by atoms with Gasteiger partial charge in [-0.2, -0.15) is 0 Å². The molecule has 0 N–H and O–H groups in total. The van der Waals surface area contributed by atoms with Crippen molar-refractivity contribution in [3.05, 3.63) is 65.2 Å². The zero-order chi connectivity index (χ0) is 12.1. The minimum atomic E-state index is 0.618. The quantitative estimate of drug-likeness (QED) is 0.755. The Labute approximate surface area is 111 Å². The Balaban J connectivity index is 2.02. The molecule has 2 rings (SSSR count). The van der Waals surface area contributed by atoms with Crippen molar-refractivity contribution in [2.24, 2.45) is 0 Å². The van der Waals surface area contributed by atoms with Gasteiger partial charge in [0, 0.05) is 5.33 Å². The molecular formula is C15H15BrO. The number of halogens is 1. The van der Waals surface area contributed by atoms with Crippen molar-refractivity contribution >= 4 is 15.9 Å². The molecule has 1 nitrogen and oxygen atoms in total. The molecule has 0 heterocycles. The van der Waals surface area contributed by atoms with Gasteiger partial charge in [0.2, 0.25) is 0 Å². The largest absolute Gasteiger partial charge is 0.489 e. The molecular weight excluding hydrogens is 276 g/mol. The first kappa shape index (κ1) is 12.2. The fraction of sp³-hybridized carbons (Fsp3) is 0.200. The number of aryl methyl sites for hydroxylation is 1. The van der Waals surface area contributed by atoms with Crippen LogP contribution in [0.3, 0.4) is 0 Å². The molecule has 2 aromatic rings. The number of hydrogen-bond acceptors (Lipinski definition) is 1. The highest BCUT2D eigenvalue weighted by molar-refractivity contribution is 9.08. The van der Waals surface area contributed by atoms with Crippen LogP contribution in [0, 0.1) is 6.92 Å². The highest BCUT2D eigenvalue weighted by Gasteiger charge is 1.97. The van der Waals surface area contributed by atoms with E-state index in [-0.39, 0.29) is 0 Å². The lowest BCUT2D eigenvalue weighted by Gasteiger charge is -2.07. The molecule has 0 saturated carbocycles. The predicted octanol–water partition coefficient (Wildman–Crippen LogP) is 4.47. The van der Waals surface area contributed by atoms with Gasteiger partial charge in [-0.25, -0.2) is 0 Å². The van der Waals surface area contributed by atoms with Crippen molar-refractivity contribution in [1.29, 1.82) is 0 Å². The topological polar surface area (TPSA) is 9.23 Å². The Bertz CT molecular complexity index is 494. The van der Waals surface area contributed by atoms with Crippen LogP contribution in [-0.4, -0.2) is 0 Å². The molecule has 2 aromatic carbocycles. The molecule has 0 aromatic heterocycles. The fourth-order valence-electron chi connectivity index (χ4n) is 1.69. The predicted molar refractivity (Wildman–Crippen MR) is 74.6 cm³/mol. The molecule has 0 amide bonds. The number of rotatable bonds is 4. The third-order valence-electron chi connectivity index (χ3n) is 2.54. The maximum atomic E-state index is 5.77. The van der Waals surface area contributed by atoms with Gasteiger partial charge in [-0.15, -0.1) is 0 Å². The monoisotopic (exact) mass is 290 g/mol. The van der Waals surface area contributed by atoms with E-state index in [0.29, 0.717) is 6.61 Å². The molecule has 17 heavy (non-hydrogen) atoms. The number of alkyl halides is 1. The molecule has 2 heteroatoms. The third kappa shape index (κ3) is 3.60. The maximum Gasteiger partial charge on any atom is 0.120 e. The summed E-state index contributed by atoms with van der Waals surface area (Å²) in [6.45, 7) is 2.71. The van der Waals surface area contributed by atoms with Gasteiger partial charge in [0.05, 0.1) is 0 Å². The highest BCUT2D eigenvalue weighted by atomic mass is 79.9. The highest BCUT2D eigenvalue weighted by Crippen LogP contribution is 2.17. The Hall–Kier alpha value is -1.28. The van der Waals surface area contributed by atoms with Crippen molar-refractivity contribution in [1.82, 2.24) is 0 Å². The van der Waals surface area contributed by atoms with Crippen molar-refractivity contribution in [3.63, 3.8) is 0 Å². The average Bonchev–Trinajstić information content (AvgIpc) is 2.37. The van der Waals surface area contributed by atoms with Crippen molar-refractivity contribution in [2.45, 2.75) is 18.9 Å². The summed E-state index contributed by atoms with van der Waals surface area (Å²) in [6.07, 6.45) is 0. The van der Waals surface area contributed by atoms with E-state index in [1.54, 1.807) is 0 Å². The lowest BCUT2D eigenvalue weighted by atomic mass is 10.1. The molecule has 0 saturated heterocycles. The second kappa shape index (κ2) is 5.87. The van der Waals surface area contributed by atoms with Gasteiger partial charge >= 0.3 is 0 Å². The maximum absolute atomic E-state index is 5.77. The van der Waals surface area contributed by atoms with Crippen LogP contribution >= 0.6 is 15.9 Å². The van der Waals surface area contributed by atoms with E-state index in [0.717, 1.165) is 11.1 Å². The van der Waals surface area contributed by atoms with Crippen molar-refractivity contribution < 1.29 is 4.74 Å². The van der Waals surface area contributed by atoms with E-state index >= 15 is 0 Å². The average molecular weight is 291 g/mol. The van der Waals surface area contributed by atoms with Gasteiger partial charge in [0.25, 0.3) is 0 Å². The molecule has 0 radical (unpaired) electrons. The molecule has 0 aliphatic rings. The molecule has 0 spiro atoms. The summed E-state index contributed by atoms with van der Waals surface area (Å²) in [5.74, 6) is 0.920. The van der Waals surface area contributed by atoms with Gasteiger partial charge in [-0.05, 0) is 30.2 Å². The van der Waals surface area contributed by atoms with E-state index in [4.69, 9.17) is 4.74 Å². The zero-order valence-corrected chi connectivity index (χ0v) is 11.4. The van der Waals surface area contributed by atoms with Crippen LogP contribution in [-0.2, 0) is 11.9 Å². The molecule has 0 atom stereocenters. The van der Waals surface area contributed by atoms with Gasteiger partial charge in [0.1, 0.15) is 12.4 Å². The number of benzene rings is 2. The van der Waals surface area contributed by atoms with Gasteiger partial charge in [-0.1, -0.05) is 57.9 Å². The van der Waals surface area contributed by atoms with Crippen molar-refractivity contribution in [2.75, 3.05) is 0 Å². The third-order valence-corrected chi connectivity index (χ3v) is 3.19. The molecule has 88 valence electrons.